The van der Waals surface area contributed by atoms with E-state index < -0.39 is 0 Å². The number of rotatable bonds is 13. The van der Waals surface area contributed by atoms with Gasteiger partial charge >= 0.3 is 0 Å². The molecule has 0 aromatic rings. The minimum absolute atomic E-state index is 0.000200. The van der Waals surface area contributed by atoms with Gasteiger partial charge in [-0.05, 0) is 0 Å². The maximum Gasteiger partial charge on any atom is 0.246 e. The van der Waals surface area contributed by atoms with Crippen LogP contribution < -0.4 is 10.6 Å². The van der Waals surface area contributed by atoms with E-state index in [1.807, 2.05) is 27.7 Å². The lowest BCUT2D eigenvalue weighted by Crippen LogP contribution is -2.33. The van der Waals surface area contributed by atoms with Crippen LogP contribution in [-0.2, 0) is 28.6 Å². The number of nitrogens with one attached hydrogen (secondary N) is 2. The number of carbonyl (C=O) groups is 3. The number of hydrogen-bond acceptors (Lipinski definition) is 6. The Morgan fingerprint density at radius 3 is 1.75 bits per heavy atom. The molecule has 0 atom stereocenters. The van der Waals surface area contributed by atoms with Crippen molar-refractivity contribution < 1.29 is 28.6 Å². The SMILES string of the molecule is CC.COCC(=O)NCCOCC(=O)NCCOCC(=O)C(C)C. The molecular weight excluding hydrogens is 316 g/mol. The maximum atomic E-state index is 11.4. The van der Waals surface area contributed by atoms with Gasteiger partial charge in [0.1, 0.15) is 19.8 Å². The summed E-state index contributed by atoms with van der Waals surface area (Å²) < 4.78 is 14.9. The van der Waals surface area contributed by atoms with Crippen molar-refractivity contribution in [3.8, 4) is 0 Å². The molecule has 0 aliphatic rings. The van der Waals surface area contributed by atoms with Crippen LogP contribution in [0.2, 0.25) is 0 Å². The van der Waals surface area contributed by atoms with E-state index in [1.165, 1.54) is 7.11 Å². The normalized spacial score (nSPS) is 9.92. The standard InChI is InChI=1S/C14H26N2O6.C2H6/c1-11(2)12(17)8-21-6-4-16-14(19)10-22-7-5-15-13(18)9-20-3;1-2/h11H,4-10H2,1-3H3,(H,15,18)(H,16,19);1-2H3. The van der Waals surface area contributed by atoms with Crippen molar-refractivity contribution >= 4 is 17.6 Å². The van der Waals surface area contributed by atoms with Gasteiger partial charge in [-0.3, -0.25) is 14.4 Å². The van der Waals surface area contributed by atoms with Crippen LogP contribution in [0.25, 0.3) is 0 Å². The van der Waals surface area contributed by atoms with Crippen LogP contribution in [0.15, 0.2) is 0 Å². The van der Waals surface area contributed by atoms with Crippen molar-refractivity contribution in [2.75, 3.05) is 53.2 Å². The fraction of sp³-hybridized carbons (Fsp3) is 0.812. The van der Waals surface area contributed by atoms with E-state index >= 15 is 0 Å². The summed E-state index contributed by atoms with van der Waals surface area (Å²) in [6.45, 7) is 8.73. The molecule has 0 saturated heterocycles. The van der Waals surface area contributed by atoms with E-state index in [0.29, 0.717) is 13.1 Å². The minimum atomic E-state index is -0.276. The molecule has 8 nitrogen and oxygen atoms in total. The van der Waals surface area contributed by atoms with Gasteiger partial charge in [0.05, 0.1) is 13.2 Å². The summed E-state index contributed by atoms with van der Waals surface area (Å²) in [6, 6.07) is 0. The highest BCUT2D eigenvalue weighted by molar-refractivity contribution is 5.81. The minimum Gasteiger partial charge on any atom is -0.375 e. The molecule has 2 amide bonds. The first-order valence-electron chi connectivity index (χ1n) is 8.18. The molecule has 0 spiro atoms. The van der Waals surface area contributed by atoms with E-state index in [2.05, 4.69) is 15.4 Å². The van der Waals surface area contributed by atoms with E-state index in [-0.39, 0.29) is 56.5 Å². The zero-order valence-electron chi connectivity index (χ0n) is 15.5. The van der Waals surface area contributed by atoms with E-state index in [9.17, 15) is 14.4 Å². The lowest BCUT2D eigenvalue weighted by Gasteiger charge is -2.08. The van der Waals surface area contributed by atoms with Gasteiger partial charge in [-0.1, -0.05) is 27.7 Å². The summed E-state index contributed by atoms with van der Waals surface area (Å²) >= 11 is 0. The Labute approximate surface area is 144 Å². The number of Topliss-reactive ketones (excluding diaryl/α,β-unsaturated/α-hetero) is 1. The van der Waals surface area contributed by atoms with Gasteiger partial charge in [0, 0.05) is 26.1 Å². The largest absolute Gasteiger partial charge is 0.375 e. The average molecular weight is 348 g/mol. The molecule has 8 heteroatoms. The molecule has 0 saturated carbocycles. The molecule has 0 aliphatic carbocycles. The third kappa shape index (κ3) is 16.9. The lowest BCUT2D eigenvalue weighted by molar-refractivity contribution is -0.127. The second-order valence-electron chi connectivity index (χ2n) is 4.86. The summed E-state index contributed by atoms with van der Waals surface area (Å²) in [4.78, 5) is 33.7. The smallest absolute Gasteiger partial charge is 0.246 e. The molecule has 0 fully saturated rings. The Morgan fingerprint density at radius 2 is 1.29 bits per heavy atom. The third-order valence-corrected chi connectivity index (χ3v) is 2.53. The van der Waals surface area contributed by atoms with Crippen LogP contribution in [0, 0.1) is 5.92 Å². The second-order valence-corrected chi connectivity index (χ2v) is 4.86. The fourth-order valence-corrected chi connectivity index (χ4v) is 1.26. The molecule has 0 aliphatic heterocycles. The molecule has 24 heavy (non-hydrogen) atoms. The Hall–Kier alpha value is -1.51. The van der Waals surface area contributed by atoms with Crippen molar-refractivity contribution in [1.29, 1.82) is 0 Å². The van der Waals surface area contributed by atoms with E-state index in [0.717, 1.165) is 0 Å². The molecular formula is C16H32N2O6. The van der Waals surface area contributed by atoms with Crippen molar-refractivity contribution in [3.63, 3.8) is 0 Å². The Kier molecular flexibility index (Phi) is 18.4. The quantitative estimate of drug-likeness (QED) is 0.459. The van der Waals surface area contributed by atoms with Crippen LogP contribution in [0.1, 0.15) is 27.7 Å². The van der Waals surface area contributed by atoms with Crippen LogP contribution in [0.5, 0.6) is 0 Å². The first kappa shape index (κ1) is 24.7. The number of methoxy groups -OCH3 is 1. The zero-order chi connectivity index (χ0) is 18.8. The Balaban J connectivity index is 0. The van der Waals surface area contributed by atoms with Gasteiger partial charge < -0.3 is 24.8 Å². The van der Waals surface area contributed by atoms with Crippen molar-refractivity contribution in [1.82, 2.24) is 10.6 Å². The van der Waals surface area contributed by atoms with Crippen LogP contribution in [0.4, 0.5) is 0 Å². The number of ether oxygens (including phenoxy) is 3. The number of carbonyl (C=O) groups excluding carboxylic acids is 3. The highest BCUT2D eigenvalue weighted by Gasteiger charge is 2.07. The van der Waals surface area contributed by atoms with Gasteiger partial charge in [-0.2, -0.15) is 0 Å². The monoisotopic (exact) mass is 348 g/mol. The van der Waals surface area contributed by atoms with Gasteiger partial charge in [0.15, 0.2) is 5.78 Å². The lowest BCUT2D eigenvalue weighted by atomic mass is 10.1. The zero-order valence-corrected chi connectivity index (χ0v) is 15.5. The molecule has 0 rings (SSSR count). The highest BCUT2D eigenvalue weighted by Crippen LogP contribution is 1.93. The highest BCUT2D eigenvalue weighted by atomic mass is 16.5. The van der Waals surface area contributed by atoms with E-state index in [1.54, 1.807) is 0 Å². The third-order valence-electron chi connectivity index (χ3n) is 2.53. The molecule has 0 heterocycles. The van der Waals surface area contributed by atoms with Crippen LogP contribution in [-0.4, -0.2) is 70.8 Å². The van der Waals surface area contributed by atoms with Gasteiger partial charge in [0.2, 0.25) is 11.8 Å². The molecule has 0 aromatic carbocycles. The van der Waals surface area contributed by atoms with E-state index in [4.69, 9.17) is 9.47 Å². The summed E-state index contributed by atoms with van der Waals surface area (Å²) in [5.74, 6) is -0.525. The molecule has 0 bridgehead atoms. The summed E-state index contributed by atoms with van der Waals surface area (Å²) in [6.07, 6.45) is 0. The Morgan fingerprint density at radius 1 is 0.833 bits per heavy atom. The Bertz CT molecular complexity index is 347. The summed E-state index contributed by atoms with van der Waals surface area (Å²) in [7, 11) is 1.43. The van der Waals surface area contributed by atoms with Crippen LogP contribution in [0.3, 0.4) is 0 Å². The predicted octanol–water partition coefficient (Wildman–Crippen LogP) is 0.150. The first-order chi connectivity index (χ1) is 11.5. The molecule has 2 N–H and O–H groups in total. The van der Waals surface area contributed by atoms with Gasteiger partial charge in [-0.15, -0.1) is 0 Å². The first-order valence-corrected chi connectivity index (χ1v) is 8.18. The molecule has 0 unspecified atom stereocenters. The molecule has 142 valence electrons. The van der Waals surface area contributed by atoms with Gasteiger partial charge in [-0.25, -0.2) is 0 Å². The number of ketones is 1. The predicted molar refractivity (Wildman–Crippen MR) is 90.7 cm³/mol. The summed E-state index contributed by atoms with van der Waals surface area (Å²) in [5, 5.41) is 5.16. The number of amides is 2. The second kappa shape index (κ2) is 17.8. The van der Waals surface area contributed by atoms with Gasteiger partial charge in [0.25, 0.3) is 0 Å². The van der Waals surface area contributed by atoms with Crippen molar-refractivity contribution in [2.24, 2.45) is 5.92 Å². The fourth-order valence-electron chi connectivity index (χ4n) is 1.26. The average Bonchev–Trinajstić information content (AvgIpc) is 2.56. The summed E-state index contributed by atoms with van der Waals surface area (Å²) in [5.41, 5.74) is 0. The number of hydrogen-bond donors (Lipinski definition) is 2. The maximum absolute atomic E-state index is 11.4. The van der Waals surface area contributed by atoms with Crippen LogP contribution >= 0.6 is 0 Å². The van der Waals surface area contributed by atoms with Crippen molar-refractivity contribution in [2.45, 2.75) is 27.7 Å². The topological polar surface area (TPSA) is 103 Å². The molecule has 0 aromatic heterocycles. The molecule has 0 radical (unpaired) electrons. The van der Waals surface area contributed by atoms with Crippen molar-refractivity contribution in [3.05, 3.63) is 0 Å².